The number of likely N-dealkylation sites (tertiary alicyclic amines) is 1. The van der Waals surface area contributed by atoms with Gasteiger partial charge in [0.25, 0.3) is 0 Å². The molecule has 4 nitrogen and oxygen atoms in total. The first kappa shape index (κ1) is 11.4. The van der Waals surface area contributed by atoms with Crippen molar-refractivity contribution in [1.29, 1.82) is 0 Å². The topological polar surface area (TPSA) is 49.4 Å². The maximum Gasteiger partial charge on any atom is 0.230 e. The molecular weight excluding hydrogens is 228 g/mol. The lowest BCUT2D eigenvalue weighted by Crippen LogP contribution is -2.46. The summed E-state index contributed by atoms with van der Waals surface area (Å²) in [5, 5.41) is 3.34. The van der Waals surface area contributed by atoms with Crippen LogP contribution in [0.1, 0.15) is 30.0 Å². The fraction of sp³-hybridized carbons (Fsp3) is 0.429. The number of hydrogen-bond donors (Lipinski definition) is 1. The average molecular weight is 244 g/mol. The van der Waals surface area contributed by atoms with Crippen LogP contribution < -0.4 is 5.32 Å². The predicted octanol–water partition coefficient (Wildman–Crippen LogP) is 1.02. The summed E-state index contributed by atoms with van der Waals surface area (Å²) in [5.74, 6) is 0.0306. The molecule has 2 heterocycles. The summed E-state index contributed by atoms with van der Waals surface area (Å²) in [7, 11) is 0. The van der Waals surface area contributed by atoms with Gasteiger partial charge in [0.05, 0.1) is 12.5 Å². The molecule has 0 aliphatic carbocycles. The lowest BCUT2D eigenvalue weighted by Gasteiger charge is -2.38. The number of hydrogen-bond acceptors (Lipinski definition) is 3. The Morgan fingerprint density at radius 2 is 2.06 bits per heavy atom. The van der Waals surface area contributed by atoms with E-state index < -0.39 is 0 Å². The Morgan fingerprint density at radius 1 is 1.22 bits per heavy atom. The minimum absolute atomic E-state index is 0.0326. The zero-order chi connectivity index (χ0) is 12.5. The van der Waals surface area contributed by atoms with E-state index in [-0.39, 0.29) is 24.2 Å². The van der Waals surface area contributed by atoms with E-state index in [1.54, 1.807) is 0 Å². The molecular formula is C14H16N2O2. The number of fused-ring (bicyclic) bond motifs is 1. The van der Waals surface area contributed by atoms with Crippen molar-refractivity contribution in [2.75, 3.05) is 13.1 Å². The molecule has 1 aromatic carbocycles. The second kappa shape index (κ2) is 4.53. The van der Waals surface area contributed by atoms with E-state index in [0.29, 0.717) is 13.0 Å². The van der Waals surface area contributed by atoms with Gasteiger partial charge in [-0.3, -0.25) is 9.59 Å². The number of Topliss-reactive ketones (excluding diaryl/α,β-unsaturated/α-hetero) is 1. The summed E-state index contributed by atoms with van der Waals surface area (Å²) in [6.07, 6.45) is 0.559. The van der Waals surface area contributed by atoms with Crippen molar-refractivity contribution in [3.05, 3.63) is 35.4 Å². The fourth-order valence-corrected chi connectivity index (χ4v) is 2.81. The summed E-state index contributed by atoms with van der Waals surface area (Å²) in [6.45, 7) is 2.18. The normalized spacial score (nSPS) is 24.0. The van der Waals surface area contributed by atoms with E-state index in [1.807, 2.05) is 17.0 Å². The molecule has 3 rings (SSSR count). The Labute approximate surface area is 106 Å². The Kier molecular flexibility index (Phi) is 2.88. The number of amides is 1. The van der Waals surface area contributed by atoms with E-state index in [4.69, 9.17) is 0 Å². The maximum atomic E-state index is 12.0. The van der Waals surface area contributed by atoms with Gasteiger partial charge in [-0.15, -0.1) is 0 Å². The number of ketones is 1. The van der Waals surface area contributed by atoms with Gasteiger partial charge in [-0.25, -0.2) is 0 Å². The zero-order valence-electron chi connectivity index (χ0n) is 10.2. The Bertz CT molecular complexity index is 498. The van der Waals surface area contributed by atoms with Gasteiger partial charge in [0.15, 0.2) is 0 Å². The summed E-state index contributed by atoms with van der Waals surface area (Å²) >= 11 is 0. The number of piperidine rings is 1. The molecule has 0 aromatic heterocycles. The van der Waals surface area contributed by atoms with Crippen LogP contribution in [0.5, 0.6) is 0 Å². The molecule has 0 bridgehead atoms. The number of carbonyl (C=O) groups excluding carboxylic acids is 2. The van der Waals surface area contributed by atoms with Gasteiger partial charge in [-0.2, -0.15) is 0 Å². The van der Waals surface area contributed by atoms with Crippen LogP contribution in [-0.4, -0.2) is 29.7 Å². The molecule has 1 N–H and O–H groups in total. The van der Waals surface area contributed by atoms with Crippen LogP contribution in [0, 0.1) is 0 Å². The zero-order valence-corrected chi connectivity index (χ0v) is 10.2. The third kappa shape index (κ3) is 1.93. The largest absolute Gasteiger partial charge is 0.334 e. The molecule has 18 heavy (non-hydrogen) atoms. The predicted molar refractivity (Wildman–Crippen MR) is 66.8 cm³/mol. The van der Waals surface area contributed by atoms with E-state index in [1.165, 1.54) is 11.1 Å². The first-order valence-electron chi connectivity index (χ1n) is 6.35. The fourth-order valence-electron chi connectivity index (χ4n) is 2.81. The molecule has 4 heteroatoms. The van der Waals surface area contributed by atoms with Gasteiger partial charge in [0, 0.05) is 26.1 Å². The second-order valence-electron chi connectivity index (χ2n) is 4.90. The monoisotopic (exact) mass is 244 g/mol. The summed E-state index contributed by atoms with van der Waals surface area (Å²) < 4.78 is 0. The van der Waals surface area contributed by atoms with Gasteiger partial charge in [-0.05, 0) is 11.1 Å². The summed E-state index contributed by atoms with van der Waals surface area (Å²) in [5.41, 5.74) is 2.47. The van der Waals surface area contributed by atoms with E-state index in [0.717, 1.165) is 13.1 Å². The van der Waals surface area contributed by atoms with Crippen molar-refractivity contribution >= 4 is 11.7 Å². The number of benzene rings is 1. The molecule has 2 aliphatic heterocycles. The highest BCUT2D eigenvalue weighted by molar-refractivity contribution is 6.00. The minimum Gasteiger partial charge on any atom is -0.334 e. The van der Waals surface area contributed by atoms with Crippen LogP contribution in [0.15, 0.2) is 24.3 Å². The van der Waals surface area contributed by atoms with Crippen LogP contribution in [0.4, 0.5) is 0 Å². The maximum absolute atomic E-state index is 12.0. The molecule has 1 fully saturated rings. The molecule has 1 unspecified atom stereocenters. The Morgan fingerprint density at radius 3 is 2.89 bits per heavy atom. The molecule has 1 amide bonds. The van der Waals surface area contributed by atoms with Crippen molar-refractivity contribution in [3.63, 3.8) is 0 Å². The van der Waals surface area contributed by atoms with Crippen LogP contribution in [0.3, 0.4) is 0 Å². The SMILES string of the molecule is O=C1CCN(C2CNCc3ccccc32)C(=O)C1. The van der Waals surface area contributed by atoms with Crippen LogP contribution in [-0.2, 0) is 16.1 Å². The van der Waals surface area contributed by atoms with E-state index >= 15 is 0 Å². The number of carbonyl (C=O) groups is 2. The van der Waals surface area contributed by atoms with Crippen LogP contribution >= 0.6 is 0 Å². The van der Waals surface area contributed by atoms with Crippen molar-refractivity contribution in [2.45, 2.75) is 25.4 Å². The second-order valence-corrected chi connectivity index (χ2v) is 4.90. The highest BCUT2D eigenvalue weighted by atomic mass is 16.2. The minimum atomic E-state index is -0.0326. The number of rotatable bonds is 1. The van der Waals surface area contributed by atoms with Crippen LogP contribution in [0.2, 0.25) is 0 Å². The molecule has 1 saturated heterocycles. The third-order valence-corrected chi connectivity index (χ3v) is 3.74. The van der Waals surface area contributed by atoms with Crippen molar-refractivity contribution in [1.82, 2.24) is 10.2 Å². The van der Waals surface area contributed by atoms with Gasteiger partial charge < -0.3 is 10.2 Å². The van der Waals surface area contributed by atoms with Crippen molar-refractivity contribution in [3.8, 4) is 0 Å². The van der Waals surface area contributed by atoms with Gasteiger partial charge in [0.2, 0.25) is 5.91 Å². The van der Waals surface area contributed by atoms with Crippen molar-refractivity contribution in [2.24, 2.45) is 0 Å². The number of nitrogens with zero attached hydrogens (tertiary/aromatic N) is 1. The van der Waals surface area contributed by atoms with Gasteiger partial charge >= 0.3 is 0 Å². The number of nitrogens with one attached hydrogen (secondary N) is 1. The first-order valence-corrected chi connectivity index (χ1v) is 6.35. The van der Waals surface area contributed by atoms with Gasteiger partial charge in [-0.1, -0.05) is 24.3 Å². The standard InChI is InChI=1S/C14H16N2O2/c17-11-5-6-16(14(18)7-11)13-9-15-8-10-3-1-2-4-12(10)13/h1-4,13,15H,5-9H2. The first-order chi connectivity index (χ1) is 8.75. The van der Waals surface area contributed by atoms with Crippen LogP contribution in [0.25, 0.3) is 0 Å². The van der Waals surface area contributed by atoms with E-state index in [9.17, 15) is 9.59 Å². The lowest BCUT2D eigenvalue weighted by molar-refractivity contribution is -0.141. The highest BCUT2D eigenvalue weighted by Crippen LogP contribution is 2.29. The quantitative estimate of drug-likeness (QED) is 0.750. The Balaban J connectivity index is 1.89. The molecule has 2 aliphatic rings. The molecule has 94 valence electrons. The lowest BCUT2D eigenvalue weighted by atomic mass is 9.93. The van der Waals surface area contributed by atoms with Crippen molar-refractivity contribution < 1.29 is 9.59 Å². The molecule has 0 saturated carbocycles. The Hall–Kier alpha value is -1.68. The molecule has 1 atom stereocenters. The summed E-state index contributed by atoms with van der Waals surface area (Å²) in [6, 6.07) is 8.29. The summed E-state index contributed by atoms with van der Waals surface area (Å²) in [4.78, 5) is 25.1. The van der Waals surface area contributed by atoms with Gasteiger partial charge in [0.1, 0.15) is 5.78 Å². The molecule has 0 spiro atoms. The smallest absolute Gasteiger partial charge is 0.230 e. The molecule has 1 aromatic rings. The third-order valence-electron chi connectivity index (χ3n) is 3.74. The van der Waals surface area contributed by atoms with E-state index in [2.05, 4.69) is 17.4 Å². The highest BCUT2D eigenvalue weighted by Gasteiger charge is 2.32. The average Bonchev–Trinajstić information content (AvgIpc) is 2.38. The molecule has 0 radical (unpaired) electrons.